The van der Waals surface area contributed by atoms with Gasteiger partial charge in [-0.1, -0.05) is 5.16 Å². The van der Waals surface area contributed by atoms with E-state index in [2.05, 4.69) is 15.2 Å². The Kier molecular flexibility index (Phi) is 4.63. The smallest absolute Gasteiger partial charge is 0.192 e. The van der Waals surface area contributed by atoms with E-state index in [-0.39, 0.29) is 6.61 Å². The van der Waals surface area contributed by atoms with Gasteiger partial charge in [0.1, 0.15) is 16.9 Å². The molecule has 0 N–H and O–H groups in total. The normalized spacial score (nSPS) is 14.3. The lowest BCUT2D eigenvalue weighted by atomic mass is 9.97. The van der Waals surface area contributed by atoms with Crippen molar-refractivity contribution in [3.8, 4) is 5.75 Å². The van der Waals surface area contributed by atoms with Gasteiger partial charge in [0.15, 0.2) is 18.1 Å². The van der Waals surface area contributed by atoms with Crippen molar-refractivity contribution in [2.45, 2.75) is 39.2 Å². The SMILES string of the molecule is COc1ccc(/C(C)=N\OCc2nc3c4c5c(sc4ncn3n2)CCCC5)cc1. The third kappa shape index (κ3) is 3.33. The first-order chi connectivity index (χ1) is 14.2. The minimum atomic E-state index is 0.211. The summed E-state index contributed by atoms with van der Waals surface area (Å²) in [7, 11) is 1.65. The van der Waals surface area contributed by atoms with Crippen LogP contribution in [0, 0.1) is 0 Å². The van der Waals surface area contributed by atoms with E-state index in [0.29, 0.717) is 5.82 Å². The lowest BCUT2D eigenvalue weighted by molar-refractivity contribution is 0.125. The Hall–Kier alpha value is -3.00. The van der Waals surface area contributed by atoms with Gasteiger partial charge in [0.25, 0.3) is 0 Å². The molecule has 0 fully saturated rings. The fourth-order valence-electron chi connectivity index (χ4n) is 3.73. The number of hydrogen-bond acceptors (Lipinski definition) is 7. The number of methoxy groups -OCH3 is 1. The third-order valence-electron chi connectivity index (χ3n) is 5.24. The van der Waals surface area contributed by atoms with Gasteiger partial charge in [-0.15, -0.1) is 16.4 Å². The molecule has 148 valence electrons. The molecule has 29 heavy (non-hydrogen) atoms. The Morgan fingerprint density at radius 3 is 2.86 bits per heavy atom. The molecule has 0 radical (unpaired) electrons. The van der Waals surface area contributed by atoms with E-state index in [1.165, 1.54) is 23.3 Å². The van der Waals surface area contributed by atoms with Crippen LogP contribution < -0.4 is 4.74 Å². The van der Waals surface area contributed by atoms with Gasteiger partial charge in [-0.3, -0.25) is 0 Å². The first-order valence-corrected chi connectivity index (χ1v) is 10.5. The largest absolute Gasteiger partial charge is 0.497 e. The summed E-state index contributed by atoms with van der Waals surface area (Å²) in [4.78, 5) is 17.3. The summed E-state index contributed by atoms with van der Waals surface area (Å²) in [5.41, 5.74) is 4.03. The monoisotopic (exact) mass is 407 g/mol. The molecule has 0 aliphatic heterocycles. The van der Waals surface area contributed by atoms with Crippen LogP contribution in [-0.4, -0.2) is 32.4 Å². The van der Waals surface area contributed by atoms with Crippen molar-refractivity contribution < 1.29 is 9.57 Å². The number of thiophene rings is 1. The van der Waals surface area contributed by atoms with E-state index in [4.69, 9.17) is 14.6 Å². The minimum absolute atomic E-state index is 0.211. The van der Waals surface area contributed by atoms with E-state index in [1.807, 2.05) is 31.2 Å². The van der Waals surface area contributed by atoms with Crippen LogP contribution in [-0.2, 0) is 24.3 Å². The Morgan fingerprint density at radius 2 is 2.03 bits per heavy atom. The van der Waals surface area contributed by atoms with Gasteiger partial charge in [0.05, 0.1) is 18.2 Å². The number of fused-ring (bicyclic) bond motifs is 5. The highest BCUT2D eigenvalue weighted by Gasteiger charge is 2.20. The number of aromatic nitrogens is 4. The van der Waals surface area contributed by atoms with Gasteiger partial charge in [-0.25, -0.2) is 14.5 Å². The number of nitrogens with zero attached hydrogens (tertiary/aromatic N) is 5. The summed E-state index contributed by atoms with van der Waals surface area (Å²) in [5, 5.41) is 9.89. The van der Waals surface area contributed by atoms with Gasteiger partial charge in [-0.2, -0.15) is 0 Å². The summed E-state index contributed by atoms with van der Waals surface area (Å²) in [6.45, 7) is 2.12. The molecule has 0 unspecified atom stereocenters. The molecule has 4 aromatic rings. The van der Waals surface area contributed by atoms with Crippen LogP contribution in [0.2, 0.25) is 0 Å². The van der Waals surface area contributed by atoms with Crippen molar-refractivity contribution in [1.82, 2.24) is 19.6 Å². The van der Waals surface area contributed by atoms with Crippen molar-refractivity contribution in [3.05, 3.63) is 52.4 Å². The lowest BCUT2D eigenvalue weighted by Gasteiger charge is -2.09. The van der Waals surface area contributed by atoms with Crippen molar-refractivity contribution >= 4 is 32.9 Å². The minimum Gasteiger partial charge on any atom is -0.497 e. The fourth-order valence-corrected chi connectivity index (χ4v) is 4.96. The predicted molar refractivity (Wildman–Crippen MR) is 113 cm³/mol. The van der Waals surface area contributed by atoms with Crippen LogP contribution in [0.5, 0.6) is 5.75 Å². The van der Waals surface area contributed by atoms with Crippen LogP contribution in [0.3, 0.4) is 0 Å². The van der Waals surface area contributed by atoms with Crippen LogP contribution in [0.4, 0.5) is 0 Å². The van der Waals surface area contributed by atoms with Crippen molar-refractivity contribution in [2.24, 2.45) is 5.16 Å². The zero-order valence-corrected chi connectivity index (χ0v) is 17.2. The van der Waals surface area contributed by atoms with Gasteiger partial charge in [0, 0.05) is 4.88 Å². The van der Waals surface area contributed by atoms with Crippen LogP contribution in [0.25, 0.3) is 15.9 Å². The number of oxime groups is 1. The lowest BCUT2D eigenvalue weighted by Crippen LogP contribution is -1.99. The zero-order valence-electron chi connectivity index (χ0n) is 16.4. The molecule has 8 heteroatoms. The molecule has 0 amide bonds. The van der Waals surface area contributed by atoms with Gasteiger partial charge < -0.3 is 9.57 Å². The highest BCUT2D eigenvalue weighted by Crippen LogP contribution is 2.36. The molecule has 0 bridgehead atoms. The summed E-state index contributed by atoms with van der Waals surface area (Å²) in [6.07, 6.45) is 6.46. The molecular formula is C21H21N5O2S. The Balaban J connectivity index is 1.38. The molecule has 0 spiro atoms. The molecule has 1 aromatic carbocycles. The van der Waals surface area contributed by atoms with Crippen LogP contribution >= 0.6 is 11.3 Å². The standard InChI is InChI=1S/C21H21N5O2S/c1-13(14-7-9-15(27-2)10-8-14)25-28-11-18-23-20-19-16-5-3-4-6-17(16)29-21(19)22-12-26(20)24-18/h7-10,12H,3-6,11H2,1-2H3/b25-13-. The second kappa shape index (κ2) is 7.44. The van der Waals surface area contributed by atoms with E-state index in [9.17, 15) is 0 Å². The molecule has 7 nitrogen and oxygen atoms in total. The molecule has 3 aromatic heterocycles. The van der Waals surface area contributed by atoms with E-state index in [1.54, 1.807) is 29.3 Å². The molecule has 1 aliphatic rings. The maximum absolute atomic E-state index is 5.53. The summed E-state index contributed by atoms with van der Waals surface area (Å²) >= 11 is 1.79. The maximum Gasteiger partial charge on any atom is 0.192 e. The summed E-state index contributed by atoms with van der Waals surface area (Å²) < 4.78 is 6.93. The predicted octanol–water partition coefficient (Wildman–Crippen LogP) is 4.17. The number of ether oxygens (including phenoxy) is 1. The Morgan fingerprint density at radius 1 is 1.21 bits per heavy atom. The number of hydrogen-bond donors (Lipinski definition) is 0. The number of aryl methyl sites for hydroxylation is 2. The van der Waals surface area contributed by atoms with Crippen molar-refractivity contribution in [3.63, 3.8) is 0 Å². The molecule has 0 saturated carbocycles. The van der Waals surface area contributed by atoms with Gasteiger partial charge in [0.2, 0.25) is 0 Å². The van der Waals surface area contributed by atoms with Gasteiger partial charge in [-0.05, 0) is 68.0 Å². The molecular weight excluding hydrogens is 386 g/mol. The zero-order chi connectivity index (χ0) is 19.8. The van der Waals surface area contributed by atoms with Crippen LogP contribution in [0.1, 0.15) is 41.6 Å². The topological polar surface area (TPSA) is 73.9 Å². The highest BCUT2D eigenvalue weighted by atomic mass is 32.1. The van der Waals surface area contributed by atoms with Crippen LogP contribution in [0.15, 0.2) is 35.7 Å². The van der Waals surface area contributed by atoms with Crippen molar-refractivity contribution in [1.29, 1.82) is 0 Å². The molecule has 0 atom stereocenters. The van der Waals surface area contributed by atoms with E-state index < -0.39 is 0 Å². The quantitative estimate of drug-likeness (QED) is 0.367. The average molecular weight is 407 g/mol. The van der Waals surface area contributed by atoms with E-state index in [0.717, 1.165) is 45.7 Å². The van der Waals surface area contributed by atoms with Gasteiger partial charge >= 0.3 is 0 Å². The first-order valence-electron chi connectivity index (χ1n) is 9.68. The third-order valence-corrected chi connectivity index (χ3v) is 6.44. The summed E-state index contributed by atoms with van der Waals surface area (Å²) in [5.74, 6) is 1.41. The first kappa shape index (κ1) is 18.1. The second-order valence-electron chi connectivity index (χ2n) is 7.11. The Bertz CT molecular complexity index is 1210. The Labute approximate surface area is 172 Å². The molecule has 1 aliphatic carbocycles. The van der Waals surface area contributed by atoms with Crippen molar-refractivity contribution in [2.75, 3.05) is 7.11 Å². The maximum atomic E-state index is 5.53. The molecule has 3 heterocycles. The second-order valence-corrected chi connectivity index (χ2v) is 8.19. The molecule has 5 rings (SSSR count). The highest BCUT2D eigenvalue weighted by molar-refractivity contribution is 7.19. The average Bonchev–Trinajstić information content (AvgIpc) is 3.34. The number of benzene rings is 1. The van der Waals surface area contributed by atoms with E-state index >= 15 is 0 Å². The molecule has 0 saturated heterocycles. The summed E-state index contributed by atoms with van der Waals surface area (Å²) in [6, 6.07) is 7.70. The fraction of sp³-hybridized carbons (Fsp3) is 0.333. The number of rotatable bonds is 5.